The highest BCUT2D eigenvalue weighted by atomic mass is 16.5. The van der Waals surface area contributed by atoms with Crippen molar-refractivity contribution in [2.75, 3.05) is 0 Å². The molecule has 0 aromatic heterocycles. The molecule has 1 aliphatic carbocycles. The first-order valence-electron chi connectivity index (χ1n) is 1.71. The first-order valence-corrected chi connectivity index (χ1v) is 1.71. The SMILES string of the molecule is O=COC1C=C1. The van der Waals surface area contributed by atoms with E-state index in [4.69, 9.17) is 0 Å². The Hall–Kier alpha value is -0.790. The fourth-order valence-electron chi connectivity index (χ4n) is 0.200. The molecule has 0 heterocycles. The monoisotopic (exact) mass is 84.0 g/mol. The van der Waals surface area contributed by atoms with Crippen LogP contribution in [0.4, 0.5) is 0 Å². The quantitative estimate of drug-likeness (QED) is 0.350. The van der Waals surface area contributed by atoms with Crippen molar-refractivity contribution < 1.29 is 9.53 Å². The first kappa shape index (κ1) is 3.40. The lowest BCUT2D eigenvalue weighted by Crippen LogP contribution is -1.88. The van der Waals surface area contributed by atoms with Crippen LogP contribution < -0.4 is 0 Å². The third-order valence-electron chi connectivity index (χ3n) is 0.562. The molecule has 0 spiro atoms. The van der Waals surface area contributed by atoms with Crippen molar-refractivity contribution in [3.63, 3.8) is 0 Å². The highest BCUT2D eigenvalue weighted by Gasteiger charge is 2.08. The fraction of sp³-hybridized carbons (Fsp3) is 0.250. The van der Waals surface area contributed by atoms with E-state index in [1.807, 2.05) is 0 Å². The van der Waals surface area contributed by atoms with Gasteiger partial charge in [0.25, 0.3) is 6.47 Å². The number of carbonyl (C=O) groups is 1. The van der Waals surface area contributed by atoms with Crippen molar-refractivity contribution in [3.05, 3.63) is 12.2 Å². The molecule has 0 saturated heterocycles. The van der Waals surface area contributed by atoms with E-state index in [-0.39, 0.29) is 6.10 Å². The average Bonchev–Trinajstić information content (AvgIpc) is 2.21. The number of hydrogen-bond acceptors (Lipinski definition) is 2. The second-order valence-electron chi connectivity index (χ2n) is 1.08. The van der Waals surface area contributed by atoms with Gasteiger partial charge in [-0.05, 0) is 12.2 Å². The molecule has 0 amide bonds. The third-order valence-corrected chi connectivity index (χ3v) is 0.562. The molecule has 2 nitrogen and oxygen atoms in total. The van der Waals surface area contributed by atoms with Crippen LogP contribution in [0.3, 0.4) is 0 Å². The minimum absolute atomic E-state index is 0.0301. The molecular formula is C4H4O2. The Labute approximate surface area is 35.4 Å². The van der Waals surface area contributed by atoms with Crippen LogP contribution in [0.5, 0.6) is 0 Å². The number of rotatable bonds is 2. The Kier molecular flexibility index (Phi) is 0.638. The van der Waals surface area contributed by atoms with Crippen molar-refractivity contribution in [3.8, 4) is 0 Å². The molecule has 6 heavy (non-hydrogen) atoms. The van der Waals surface area contributed by atoms with Gasteiger partial charge in [-0.3, -0.25) is 4.79 Å². The molecule has 0 saturated carbocycles. The third kappa shape index (κ3) is 0.578. The van der Waals surface area contributed by atoms with E-state index in [9.17, 15) is 4.79 Å². The Bertz CT molecular complexity index is 79.5. The van der Waals surface area contributed by atoms with Crippen molar-refractivity contribution in [2.45, 2.75) is 6.10 Å². The van der Waals surface area contributed by atoms with Crippen LogP contribution in [0.25, 0.3) is 0 Å². The van der Waals surface area contributed by atoms with E-state index in [2.05, 4.69) is 4.74 Å². The maximum Gasteiger partial charge on any atom is 0.293 e. The zero-order valence-electron chi connectivity index (χ0n) is 3.13. The molecule has 0 aliphatic heterocycles. The van der Waals surface area contributed by atoms with Crippen LogP contribution in [-0.4, -0.2) is 12.6 Å². The minimum Gasteiger partial charge on any atom is -0.456 e. The smallest absolute Gasteiger partial charge is 0.293 e. The van der Waals surface area contributed by atoms with Gasteiger partial charge in [-0.2, -0.15) is 0 Å². The fourth-order valence-corrected chi connectivity index (χ4v) is 0.200. The van der Waals surface area contributed by atoms with Gasteiger partial charge in [0.2, 0.25) is 0 Å². The van der Waals surface area contributed by atoms with Gasteiger partial charge in [-0.15, -0.1) is 0 Å². The minimum atomic E-state index is 0.0301. The van der Waals surface area contributed by atoms with E-state index < -0.39 is 0 Å². The van der Waals surface area contributed by atoms with Crippen LogP contribution in [0.1, 0.15) is 0 Å². The highest BCUT2D eigenvalue weighted by molar-refractivity contribution is 5.40. The Morgan fingerprint density at radius 1 is 1.67 bits per heavy atom. The second kappa shape index (κ2) is 1.12. The molecule has 2 heteroatoms. The molecule has 0 radical (unpaired) electrons. The van der Waals surface area contributed by atoms with Gasteiger partial charge in [0.15, 0.2) is 0 Å². The van der Waals surface area contributed by atoms with Gasteiger partial charge < -0.3 is 4.74 Å². The molecule has 32 valence electrons. The zero-order chi connectivity index (χ0) is 4.41. The largest absolute Gasteiger partial charge is 0.456 e. The van der Waals surface area contributed by atoms with E-state index in [0.29, 0.717) is 6.47 Å². The second-order valence-corrected chi connectivity index (χ2v) is 1.08. The van der Waals surface area contributed by atoms with E-state index in [1.165, 1.54) is 0 Å². The van der Waals surface area contributed by atoms with E-state index in [0.717, 1.165) is 0 Å². The lowest BCUT2D eigenvalue weighted by Gasteiger charge is -1.84. The maximum atomic E-state index is 9.39. The lowest BCUT2D eigenvalue weighted by molar-refractivity contribution is -0.128. The molecule has 0 aromatic rings. The van der Waals surface area contributed by atoms with Crippen LogP contribution in [-0.2, 0) is 9.53 Å². The van der Waals surface area contributed by atoms with Crippen molar-refractivity contribution in [1.82, 2.24) is 0 Å². The Balaban J connectivity index is 2.04. The summed E-state index contributed by atoms with van der Waals surface area (Å²) >= 11 is 0. The summed E-state index contributed by atoms with van der Waals surface area (Å²) < 4.78 is 4.36. The average molecular weight is 84.1 g/mol. The summed E-state index contributed by atoms with van der Waals surface area (Å²) in [6, 6.07) is 0. The summed E-state index contributed by atoms with van der Waals surface area (Å²) in [5.74, 6) is 0. The van der Waals surface area contributed by atoms with Crippen molar-refractivity contribution in [1.29, 1.82) is 0 Å². The van der Waals surface area contributed by atoms with Crippen LogP contribution in [0, 0.1) is 0 Å². The van der Waals surface area contributed by atoms with E-state index in [1.54, 1.807) is 12.2 Å². The first-order chi connectivity index (χ1) is 2.93. The van der Waals surface area contributed by atoms with Gasteiger partial charge in [-0.1, -0.05) is 0 Å². The topological polar surface area (TPSA) is 26.3 Å². The van der Waals surface area contributed by atoms with Gasteiger partial charge in [0, 0.05) is 0 Å². The molecule has 0 atom stereocenters. The molecule has 0 fully saturated rings. The molecular weight excluding hydrogens is 80.0 g/mol. The number of carbonyl (C=O) groups excluding carboxylic acids is 1. The van der Waals surface area contributed by atoms with E-state index >= 15 is 0 Å². The van der Waals surface area contributed by atoms with Crippen molar-refractivity contribution >= 4 is 6.47 Å². The highest BCUT2D eigenvalue weighted by Crippen LogP contribution is 2.06. The van der Waals surface area contributed by atoms with Crippen LogP contribution >= 0.6 is 0 Å². The standard InChI is InChI=1S/C4H4O2/c5-3-6-4-1-2-4/h1-4H. The number of ether oxygens (including phenoxy) is 1. The summed E-state index contributed by atoms with van der Waals surface area (Å²) in [4.78, 5) is 9.39. The predicted octanol–water partition coefficient (Wildman–Crippen LogP) is 0.0978. The predicted molar refractivity (Wildman–Crippen MR) is 20.1 cm³/mol. The molecule has 1 rings (SSSR count). The lowest BCUT2D eigenvalue weighted by atomic mass is 10.8. The van der Waals surface area contributed by atoms with Gasteiger partial charge in [0.05, 0.1) is 0 Å². The van der Waals surface area contributed by atoms with Gasteiger partial charge in [0.1, 0.15) is 6.10 Å². The summed E-state index contributed by atoms with van der Waals surface area (Å²) in [6.07, 6.45) is 3.63. The molecule has 0 unspecified atom stereocenters. The zero-order valence-corrected chi connectivity index (χ0v) is 3.13. The normalized spacial score (nSPS) is 17.3. The molecule has 0 aromatic carbocycles. The molecule has 0 bridgehead atoms. The summed E-state index contributed by atoms with van der Waals surface area (Å²) in [5, 5.41) is 0. The summed E-state index contributed by atoms with van der Waals surface area (Å²) in [7, 11) is 0. The summed E-state index contributed by atoms with van der Waals surface area (Å²) in [6.45, 7) is 0.449. The molecule has 1 aliphatic rings. The summed E-state index contributed by atoms with van der Waals surface area (Å²) in [5.41, 5.74) is 0. The van der Waals surface area contributed by atoms with Gasteiger partial charge >= 0.3 is 0 Å². The van der Waals surface area contributed by atoms with Gasteiger partial charge in [-0.25, -0.2) is 0 Å². The molecule has 0 N–H and O–H groups in total. The number of hydrogen-bond donors (Lipinski definition) is 0. The Morgan fingerprint density at radius 3 is 2.50 bits per heavy atom. The van der Waals surface area contributed by atoms with Crippen LogP contribution in [0.15, 0.2) is 12.2 Å². The maximum absolute atomic E-state index is 9.39. The van der Waals surface area contributed by atoms with Crippen LogP contribution in [0.2, 0.25) is 0 Å². The van der Waals surface area contributed by atoms with Crippen molar-refractivity contribution in [2.24, 2.45) is 0 Å². The Morgan fingerprint density at radius 2 is 2.33 bits per heavy atom.